The summed E-state index contributed by atoms with van der Waals surface area (Å²) in [7, 11) is -3.78. The highest BCUT2D eigenvalue weighted by molar-refractivity contribution is 7.92. The van der Waals surface area contributed by atoms with Gasteiger partial charge in [0, 0.05) is 44.1 Å². The van der Waals surface area contributed by atoms with Gasteiger partial charge >= 0.3 is 0 Å². The lowest BCUT2D eigenvalue weighted by Crippen LogP contribution is -2.44. The molecule has 0 radical (unpaired) electrons. The molecule has 1 aliphatic heterocycles. The van der Waals surface area contributed by atoms with Crippen LogP contribution in [0.25, 0.3) is 0 Å². The molecule has 2 aromatic rings. The Bertz CT molecular complexity index is 1040. The smallest absolute Gasteiger partial charge is 0.262 e. The molecule has 1 aliphatic rings. The van der Waals surface area contributed by atoms with Gasteiger partial charge in [0.1, 0.15) is 0 Å². The number of rotatable bonds is 6. The molecule has 2 aromatic carbocycles. The van der Waals surface area contributed by atoms with Crippen molar-refractivity contribution in [1.82, 2.24) is 10.6 Å². The number of nitrogens with one attached hydrogen (secondary N) is 3. The van der Waals surface area contributed by atoms with Crippen LogP contribution in [0.4, 0.5) is 11.4 Å². The van der Waals surface area contributed by atoms with Crippen molar-refractivity contribution in [3.8, 4) is 0 Å². The van der Waals surface area contributed by atoms with E-state index in [1.807, 2.05) is 32.9 Å². The number of aryl methyl sites for hydroxylation is 3. The van der Waals surface area contributed by atoms with E-state index in [9.17, 15) is 13.2 Å². The molecule has 0 bridgehead atoms. The van der Waals surface area contributed by atoms with E-state index in [2.05, 4.69) is 20.3 Å². The molecule has 1 heterocycles. The first-order chi connectivity index (χ1) is 14.2. The maximum absolute atomic E-state index is 13.0. The van der Waals surface area contributed by atoms with Gasteiger partial charge in [0.15, 0.2) is 0 Å². The van der Waals surface area contributed by atoms with Gasteiger partial charge in [-0.05, 0) is 68.7 Å². The highest BCUT2D eigenvalue weighted by Crippen LogP contribution is 2.28. The minimum absolute atomic E-state index is 0.213. The fraction of sp³-hybridized carbons (Fsp3) is 0.409. The monoisotopic (exact) mass is 430 g/mol. The van der Waals surface area contributed by atoms with Crippen LogP contribution in [0, 0.1) is 20.8 Å². The maximum atomic E-state index is 13.0. The van der Waals surface area contributed by atoms with E-state index >= 15 is 0 Å². The summed E-state index contributed by atoms with van der Waals surface area (Å²) in [5.41, 5.74) is 4.30. The van der Waals surface area contributed by atoms with Crippen molar-refractivity contribution in [1.29, 1.82) is 0 Å². The molecule has 3 rings (SSSR count). The lowest BCUT2D eigenvalue weighted by Gasteiger charge is -2.31. The number of carbonyl (C=O) groups is 1. The lowest BCUT2D eigenvalue weighted by molar-refractivity contribution is 0.0956. The first kappa shape index (κ1) is 22.1. The zero-order valence-electron chi connectivity index (χ0n) is 18.0. The molecule has 1 saturated heterocycles. The van der Waals surface area contributed by atoms with Crippen molar-refractivity contribution in [2.45, 2.75) is 32.6 Å². The number of hydrogen-bond acceptors (Lipinski definition) is 5. The Balaban J connectivity index is 1.97. The van der Waals surface area contributed by atoms with Gasteiger partial charge in [-0.2, -0.15) is 0 Å². The van der Waals surface area contributed by atoms with E-state index in [4.69, 9.17) is 0 Å². The first-order valence-electron chi connectivity index (χ1n) is 10.2. The predicted octanol–water partition coefficient (Wildman–Crippen LogP) is 2.57. The normalized spacial score (nSPS) is 14.5. The molecule has 0 spiro atoms. The van der Waals surface area contributed by atoms with Crippen LogP contribution < -0.4 is 20.3 Å². The summed E-state index contributed by atoms with van der Waals surface area (Å²) in [6, 6.07) is 8.72. The molecule has 7 nitrogen and oxygen atoms in total. The van der Waals surface area contributed by atoms with Gasteiger partial charge in [-0.15, -0.1) is 0 Å². The summed E-state index contributed by atoms with van der Waals surface area (Å²) in [6.07, 6.45) is 0. The number of benzene rings is 2. The zero-order chi connectivity index (χ0) is 21.9. The van der Waals surface area contributed by atoms with Gasteiger partial charge in [0.2, 0.25) is 0 Å². The number of sulfonamides is 1. The minimum Gasteiger partial charge on any atom is -0.368 e. The van der Waals surface area contributed by atoms with Crippen molar-refractivity contribution in [3.05, 3.63) is 52.6 Å². The van der Waals surface area contributed by atoms with Crippen molar-refractivity contribution < 1.29 is 13.2 Å². The second kappa shape index (κ2) is 9.06. The second-order valence-corrected chi connectivity index (χ2v) is 9.29. The minimum atomic E-state index is -3.78. The van der Waals surface area contributed by atoms with Crippen LogP contribution in [0.2, 0.25) is 0 Å². The van der Waals surface area contributed by atoms with E-state index in [0.717, 1.165) is 43.0 Å². The fourth-order valence-corrected chi connectivity index (χ4v) is 5.01. The highest BCUT2D eigenvalue weighted by atomic mass is 32.2. The van der Waals surface area contributed by atoms with Gasteiger partial charge in [0.25, 0.3) is 15.9 Å². The molecular weight excluding hydrogens is 400 g/mol. The Labute approximate surface area is 178 Å². The summed E-state index contributed by atoms with van der Waals surface area (Å²) in [6.45, 7) is 11.3. The van der Waals surface area contributed by atoms with Crippen molar-refractivity contribution >= 4 is 27.3 Å². The average molecular weight is 431 g/mol. The molecule has 8 heteroatoms. The van der Waals surface area contributed by atoms with Crippen molar-refractivity contribution in [2.24, 2.45) is 0 Å². The van der Waals surface area contributed by atoms with Crippen LogP contribution in [0.1, 0.15) is 34.0 Å². The number of anilines is 2. The zero-order valence-corrected chi connectivity index (χ0v) is 18.8. The van der Waals surface area contributed by atoms with Crippen LogP contribution in [-0.2, 0) is 10.0 Å². The van der Waals surface area contributed by atoms with Crippen molar-refractivity contribution in [3.63, 3.8) is 0 Å². The molecule has 162 valence electrons. The van der Waals surface area contributed by atoms with E-state index in [-0.39, 0.29) is 10.8 Å². The van der Waals surface area contributed by atoms with Gasteiger partial charge in [0.05, 0.1) is 10.5 Å². The standard InChI is InChI=1S/C22H30N4O3S/c1-5-24-22(27)19-14-18(6-7-20(19)26-10-8-23-9-11-26)25-30(28,29)21-13-16(3)15(2)12-17(21)4/h6-7,12-14,23,25H,5,8-11H2,1-4H3,(H,24,27). The van der Waals surface area contributed by atoms with E-state index in [0.29, 0.717) is 23.4 Å². The molecule has 3 N–H and O–H groups in total. The molecule has 1 amide bonds. The predicted molar refractivity (Wildman–Crippen MR) is 121 cm³/mol. The van der Waals surface area contributed by atoms with E-state index < -0.39 is 10.0 Å². The van der Waals surface area contributed by atoms with Crippen LogP contribution >= 0.6 is 0 Å². The Hall–Kier alpha value is -2.58. The number of hydrogen-bond donors (Lipinski definition) is 3. The Morgan fingerprint density at radius 1 is 1.03 bits per heavy atom. The number of piperazine rings is 1. The Morgan fingerprint density at radius 2 is 1.70 bits per heavy atom. The number of nitrogens with zero attached hydrogens (tertiary/aromatic N) is 1. The van der Waals surface area contributed by atoms with Gasteiger partial charge in [-0.3, -0.25) is 9.52 Å². The largest absolute Gasteiger partial charge is 0.368 e. The van der Waals surface area contributed by atoms with Crippen molar-refractivity contribution in [2.75, 3.05) is 42.3 Å². The van der Waals surface area contributed by atoms with Crippen LogP contribution in [0.3, 0.4) is 0 Å². The summed E-state index contributed by atoms with van der Waals surface area (Å²) in [5, 5.41) is 6.13. The summed E-state index contributed by atoms with van der Waals surface area (Å²) in [4.78, 5) is 15.1. The van der Waals surface area contributed by atoms with Gasteiger partial charge in [-0.25, -0.2) is 8.42 Å². The van der Waals surface area contributed by atoms with Crippen LogP contribution in [0.5, 0.6) is 0 Å². The first-order valence-corrected chi connectivity index (χ1v) is 11.7. The van der Waals surface area contributed by atoms with Crippen LogP contribution in [0.15, 0.2) is 35.2 Å². The van der Waals surface area contributed by atoms with E-state index in [1.165, 1.54) is 0 Å². The van der Waals surface area contributed by atoms with Gasteiger partial charge < -0.3 is 15.5 Å². The fourth-order valence-electron chi connectivity index (χ4n) is 3.65. The van der Waals surface area contributed by atoms with Crippen LogP contribution in [-0.4, -0.2) is 47.0 Å². The molecule has 1 fully saturated rings. The van der Waals surface area contributed by atoms with Gasteiger partial charge in [-0.1, -0.05) is 6.07 Å². The average Bonchev–Trinajstić information content (AvgIpc) is 2.71. The molecule has 0 aromatic heterocycles. The molecular formula is C22H30N4O3S. The lowest BCUT2D eigenvalue weighted by atomic mass is 10.1. The summed E-state index contributed by atoms with van der Waals surface area (Å²) in [5.74, 6) is -0.213. The Morgan fingerprint density at radius 3 is 2.37 bits per heavy atom. The molecule has 0 aliphatic carbocycles. The maximum Gasteiger partial charge on any atom is 0.262 e. The topological polar surface area (TPSA) is 90.5 Å². The highest BCUT2D eigenvalue weighted by Gasteiger charge is 2.22. The Kier molecular flexibility index (Phi) is 6.67. The molecule has 0 atom stereocenters. The SMILES string of the molecule is CCNC(=O)c1cc(NS(=O)(=O)c2cc(C)c(C)cc2C)ccc1N1CCNCC1. The molecule has 0 unspecified atom stereocenters. The second-order valence-electron chi connectivity index (χ2n) is 7.64. The number of carbonyl (C=O) groups excluding carboxylic acids is 1. The third kappa shape index (κ3) is 4.76. The third-order valence-electron chi connectivity index (χ3n) is 5.37. The number of amides is 1. The molecule has 30 heavy (non-hydrogen) atoms. The summed E-state index contributed by atoms with van der Waals surface area (Å²) >= 11 is 0. The quantitative estimate of drug-likeness (QED) is 0.655. The molecule has 0 saturated carbocycles. The third-order valence-corrected chi connectivity index (χ3v) is 6.89. The van der Waals surface area contributed by atoms with E-state index in [1.54, 1.807) is 25.1 Å². The summed E-state index contributed by atoms with van der Waals surface area (Å²) < 4.78 is 28.7.